The summed E-state index contributed by atoms with van der Waals surface area (Å²) in [5, 5.41) is 3.87. The van der Waals surface area contributed by atoms with Crippen LogP contribution in [0.15, 0.2) is 47.6 Å². The maximum Gasteiger partial charge on any atom is 0.335 e. The van der Waals surface area contributed by atoms with E-state index >= 15 is 0 Å². The summed E-state index contributed by atoms with van der Waals surface area (Å²) in [4.78, 5) is 30.1. The minimum atomic E-state index is -0.386. The number of carbonyl (C=O) groups excluding carboxylic acids is 2. The van der Waals surface area contributed by atoms with E-state index in [1.165, 1.54) is 22.3 Å². The van der Waals surface area contributed by atoms with E-state index in [0.29, 0.717) is 12.0 Å². The van der Waals surface area contributed by atoms with E-state index in [1.807, 2.05) is 6.07 Å². The Hall–Kier alpha value is -2.75. The highest BCUT2D eigenvalue weighted by Gasteiger charge is 2.42. The number of fused-ring (bicyclic) bond motifs is 3. The second-order valence-corrected chi connectivity index (χ2v) is 9.52. The van der Waals surface area contributed by atoms with E-state index in [4.69, 9.17) is 4.84 Å². The predicted molar refractivity (Wildman–Crippen MR) is 139 cm³/mol. The van der Waals surface area contributed by atoms with Crippen molar-refractivity contribution < 1.29 is 14.4 Å². The lowest BCUT2D eigenvalue weighted by Crippen LogP contribution is -2.26. The van der Waals surface area contributed by atoms with Crippen LogP contribution in [0.1, 0.15) is 113 Å². The highest BCUT2D eigenvalue weighted by molar-refractivity contribution is 6.45. The number of unbranched alkanes of at least 4 members (excludes halogenated alkanes) is 4. The molecule has 1 aliphatic carbocycles. The lowest BCUT2D eigenvalue weighted by molar-refractivity contribution is -0.143. The summed E-state index contributed by atoms with van der Waals surface area (Å²) < 4.78 is 0. The molecule has 2 aromatic rings. The molecule has 0 N–H and O–H groups in total. The van der Waals surface area contributed by atoms with E-state index in [9.17, 15) is 9.59 Å². The number of Topliss-reactive ketones (excluding diaryl/α,β-unsaturated/α-hetero) is 1. The molecule has 4 heteroatoms. The standard InChI is InChI=1S/C30H39NO3/c1-5-8-11-16-28(32)34-31-22(4)29(33)23-17-18-25-24-14-12-13-15-26(24)30(19-9-6-2,20-10-7-3)27(25)21-23/h12-15,17-18,21H,5-11,16,19-20H2,1-4H3/b31-22-. The largest absolute Gasteiger partial charge is 0.335 e. The minimum Gasteiger partial charge on any atom is -0.318 e. The van der Waals surface area contributed by atoms with Crippen LogP contribution < -0.4 is 0 Å². The van der Waals surface area contributed by atoms with Gasteiger partial charge in [-0.25, -0.2) is 4.79 Å². The molecular weight excluding hydrogens is 422 g/mol. The first-order valence-electron chi connectivity index (χ1n) is 13.0. The van der Waals surface area contributed by atoms with Crippen molar-refractivity contribution in [2.45, 2.75) is 97.3 Å². The second kappa shape index (κ2) is 12.1. The molecule has 0 aliphatic heterocycles. The number of hydrogen-bond acceptors (Lipinski definition) is 4. The fourth-order valence-electron chi connectivity index (χ4n) is 5.15. The van der Waals surface area contributed by atoms with Crippen molar-refractivity contribution in [3.05, 3.63) is 59.2 Å². The zero-order chi connectivity index (χ0) is 24.6. The molecule has 0 unspecified atom stereocenters. The molecule has 0 aromatic heterocycles. The Balaban J connectivity index is 1.93. The van der Waals surface area contributed by atoms with E-state index < -0.39 is 0 Å². The highest BCUT2D eigenvalue weighted by atomic mass is 16.7. The first-order valence-corrected chi connectivity index (χ1v) is 13.0. The van der Waals surface area contributed by atoms with Gasteiger partial charge in [0.25, 0.3) is 0 Å². The molecule has 3 rings (SSSR count). The Bertz CT molecular complexity index is 1030. The molecule has 182 valence electrons. The molecular formula is C30H39NO3. The molecule has 0 radical (unpaired) electrons. The lowest BCUT2D eigenvalue weighted by Gasteiger charge is -2.32. The van der Waals surface area contributed by atoms with E-state index in [1.54, 1.807) is 6.92 Å². The number of benzene rings is 2. The quantitative estimate of drug-likeness (QED) is 0.0997. The van der Waals surface area contributed by atoms with Gasteiger partial charge in [-0.1, -0.05) is 101 Å². The average molecular weight is 462 g/mol. The van der Waals surface area contributed by atoms with Gasteiger partial charge in [0.05, 0.1) is 0 Å². The summed E-state index contributed by atoms with van der Waals surface area (Å²) in [7, 11) is 0. The third-order valence-electron chi connectivity index (χ3n) is 7.04. The van der Waals surface area contributed by atoms with Gasteiger partial charge in [0.1, 0.15) is 5.71 Å². The van der Waals surface area contributed by atoms with Crippen LogP contribution in [0, 0.1) is 0 Å². The van der Waals surface area contributed by atoms with Gasteiger partial charge in [0, 0.05) is 17.4 Å². The van der Waals surface area contributed by atoms with Crippen LogP contribution in [0.25, 0.3) is 11.1 Å². The van der Waals surface area contributed by atoms with Crippen LogP contribution in [-0.4, -0.2) is 17.5 Å². The molecule has 0 atom stereocenters. The minimum absolute atomic E-state index is 0.0645. The third kappa shape index (κ3) is 5.48. The van der Waals surface area contributed by atoms with Crippen LogP contribution in [-0.2, 0) is 15.0 Å². The molecule has 0 saturated carbocycles. The number of nitrogens with zero attached hydrogens (tertiary/aromatic N) is 1. The molecule has 0 spiro atoms. The van der Waals surface area contributed by atoms with Crippen LogP contribution in [0.4, 0.5) is 0 Å². The summed E-state index contributed by atoms with van der Waals surface area (Å²) >= 11 is 0. The third-order valence-corrected chi connectivity index (χ3v) is 7.04. The molecule has 0 fully saturated rings. The summed E-state index contributed by atoms with van der Waals surface area (Å²) in [5.41, 5.74) is 5.91. The molecule has 0 amide bonds. The zero-order valence-electron chi connectivity index (χ0n) is 21.3. The van der Waals surface area contributed by atoms with Crippen molar-refractivity contribution in [1.82, 2.24) is 0 Å². The fraction of sp³-hybridized carbons (Fsp3) is 0.500. The van der Waals surface area contributed by atoms with Gasteiger partial charge in [-0.15, -0.1) is 0 Å². The van der Waals surface area contributed by atoms with Crippen molar-refractivity contribution in [3.8, 4) is 11.1 Å². The van der Waals surface area contributed by atoms with Gasteiger partial charge in [-0.05, 0) is 54.5 Å². The van der Waals surface area contributed by atoms with Gasteiger partial charge in [0.2, 0.25) is 5.78 Å². The number of carbonyl (C=O) groups is 2. The zero-order valence-corrected chi connectivity index (χ0v) is 21.3. The van der Waals surface area contributed by atoms with Gasteiger partial charge in [-0.3, -0.25) is 4.79 Å². The maximum atomic E-state index is 13.2. The van der Waals surface area contributed by atoms with Crippen molar-refractivity contribution in [2.24, 2.45) is 5.16 Å². The fourth-order valence-corrected chi connectivity index (χ4v) is 5.15. The summed E-state index contributed by atoms with van der Waals surface area (Å²) in [6.07, 6.45) is 9.84. The van der Waals surface area contributed by atoms with Gasteiger partial charge in [-0.2, -0.15) is 0 Å². The molecule has 0 saturated heterocycles. The van der Waals surface area contributed by atoms with Crippen LogP contribution in [0.5, 0.6) is 0 Å². The van der Waals surface area contributed by atoms with E-state index in [0.717, 1.165) is 57.8 Å². The Kier molecular flexibility index (Phi) is 9.20. The second-order valence-electron chi connectivity index (χ2n) is 9.52. The Morgan fingerprint density at radius 3 is 2.15 bits per heavy atom. The number of rotatable bonds is 13. The summed E-state index contributed by atoms with van der Waals surface area (Å²) in [5.74, 6) is -0.580. The van der Waals surface area contributed by atoms with Gasteiger partial charge in [0.15, 0.2) is 0 Å². The van der Waals surface area contributed by atoms with Crippen LogP contribution >= 0.6 is 0 Å². The lowest BCUT2D eigenvalue weighted by atomic mass is 9.70. The SMILES string of the molecule is CCCCCC(=O)O/N=C(/C)C(=O)c1ccc2c(c1)C(CCCC)(CCCC)c1ccccc1-2. The van der Waals surface area contributed by atoms with Crippen molar-refractivity contribution in [3.63, 3.8) is 0 Å². The number of oxime groups is 1. The predicted octanol–water partition coefficient (Wildman–Crippen LogP) is 8.02. The van der Waals surface area contributed by atoms with Gasteiger partial charge >= 0.3 is 5.97 Å². The molecule has 34 heavy (non-hydrogen) atoms. The van der Waals surface area contributed by atoms with Crippen LogP contribution in [0.3, 0.4) is 0 Å². The van der Waals surface area contributed by atoms with Crippen molar-refractivity contribution >= 4 is 17.5 Å². The van der Waals surface area contributed by atoms with E-state index in [-0.39, 0.29) is 22.9 Å². The number of ketones is 1. The molecule has 4 nitrogen and oxygen atoms in total. The topological polar surface area (TPSA) is 55.7 Å². The summed E-state index contributed by atoms with van der Waals surface area (Å²) in [6, 6.07) is 14.8. The summed E-state index contributed by atoms with van der Waals surface area (Å²) in [6.45, 7) is 8.17. The van der Waals surface area contributed by atoms with Crippen molar-refractivity contribution in [1.29, 1.82) is 0 Å². The number of hydrogen-bond donors (Lipinski definition) is 0. The van der Waals surface area contributed by atoms with Crippen molar-refractivity contribution in [2.75, 3.05) is 0 Å². The molecule has 2 aromatic carbocycles. The normalized spacial score (nSPS) is 13.9. The first-order chi connectivity index (χ1) is 16.5. The highest BCUT2D eigenvalue weighted by Crippen LogP contribution is 2.54. The molecule has 0 heterocycles. The van der Waals surface area contributed by atoms with Crippen LogP contribution in [0.2, 0.25) is 0 Å². The van der Waals surface area contributed by atoms with E-state index in [2.05, 4.69) is 62.3 Å². The molecule has 1 aliphatic rings. The molecule has 0 bridgehead atoms. The maximum absolute atomic E-state index is 13.2. The Morgan fingerprint density at radius 2 is 1.47 bits per heavy atom. The Morgan fingerprint density at radius 1 is 0.824 bits per heavy atom. The first kappa shape index (κ1) is 25.9. The van der Waals surface area contributed by atoms with Gasteiger partial charge < -0.3 is 4.84 Å². The smallest absolute Gasteiger partial charge is 0.318 e. The monoisotopic (exact) mass is 461 g/mol. The average Bonchev–Trinajstić information content (AvgIpc) is 3.13. The Labute approximate surface area is 204 Å².